The Morgan fingerprint density at radius 1 is 1.17 bits per heavy atom. The van der Waals surface area contributed by atoms with Gasteiger partial charge < -0.3 is 9.52 Å². The summed E-state index contributed by atoms with van der Waals surface area (Å²) in [5, 5.41) is 10.2. The minimum Gasteiger partial charge on any atom is -0.478 e. The Labute approximate surface area is 181 Å². The monoisotopic (exact) mass is 438 g/mol. The third kappa shape index (κ3) is 4.17. The first-order valence-corrected chi connectivity index (χ1v) is 10.1. The molecule has 1 amide bonds. The second kappa shape index (κ2) is 8.22. The molecule has 1 aliphatic heterocycles. The van der Waals surface area contributed by atoms with Crippen molar-refractivity contribution in [2.75, 3.05) is 7.05 Å². The molecule has 3 aromatic rings. The first kappa shape index (κ1) is 20.0. The molecule has 6 nitrogen and oxygen atoms in total. The molecule has 30 heavy (non-hydrogen) atoms. The van der Waals surface area contributed by atoms with Crippen molar-refractivity contribution in [3.63, 3.8) is 0 Å². The van der Waals surface area contributed by atoms with Gasteiger partial charge in [0.25, 0.3) is 5.91 Å². The number of carboxylic acid groups (broad SMARTS) is 1. The molecular weight excluding hydrogens is 424 g/mol. The van der Waals surface area contributed by atoms with Gasteiger partial charge in [-0.05, 0) is 66.4 Å². The van der Waals surface area contributed by atoms with Crippen LogP contribution >= 0.6 is 23.4 Å². The number of carboxylic acids is 1. The number of likely N-dealkylation sites (N-methyl/N-ethyl adjacent to an activating group) is 1. The SMILES string of the molecule is CN1C(=O)C(=Cc2ccc(-c3ccc(Cl)cc3)o2)SC1=Nc1cccc(C(=O)O)c1. The fourth-order valence-electron chi connectivity index (χ4n) is 2.80. The second-order valence-corrected chi connectivity index (χ2v) is 7.88. The van der Waals surface area contributed by atoms with Crippen LogP contribution in [0.2, 0.25) is 5.02 Å². The molecule has 1 aliphatic rings. The van der Waals surface area contributed by atoms with Crippen molar-refractivity contribution in [2.45, 2.75) is 0 Å². The highest BCUT2D eigenvalue weighted by Crippen LogP contribution is 2.34. The van der Waals surface area contributed by atoms with Gasteiger partial charge in [-0.2, -0.15) is 0 Å². The zero-order chi connectivity index (χ0) is 21.3. The van der Waals surface area contributed by atoms with Crippen molar-refractivity contribution >= 4 is 52.2 Å². The van der Waals surface area contributed by atoms with Crippen molar-refractivity contribution in [3.8, 4) is 11.3 Å². The quantitative estimate of drug-likeness (QED) is 0.541. The van der Waals surface area contributed by atoms with E-state index in [0.717, 1.165) is 5.56 Å². The highest BCUT2D eigenvalue weighted by atomic mass is 35.5. The zero-order valence-corrected chi connectivity index (χ0v) is 17.3. The molecule has 1 fully saturated rings. The van der Waals surface area contributed by atoms with E-state index < -0.39 is 5.97 Å². The minimum absolute atomic E-state index is 0.134. The third-order valence-corrected chi connectivity index (χ3v) is 5.66. The van der Waals surface area contributed by atoms with E-state index in [1.54, 1.807) is 43.5 Å². The molecule has 150 valence electrons. The summed E-state index contributed by atoms with van der Waals surface area (Å²) >= 11 is 7.12. The van der Waals surface area contributed by atoms with Crippen molar-refractivity contribution in [3.05, 3.63) is 81.9 Å². The summed E-state index contributed by atoms with van der Waals surface area (Å²) in [6.07, 6.45) is 1.67. The van der Waals surface area contributed by atoms with Crippen molar-refractivity contribution in [1.29, 1.82) is 0 Å². The molecular formula is C22H15ClN2O4S. The number of thioether (sulfide) groups is 1. The lowest BCUT2D eigenvalue weighted by Crippen LogP contribution is -2.23. The number of furan rings is 1. The Morgan fingerprint density at radius 2 is 1.93 bits per heavy atom. The summed E-state index contributed by atoms with van der Waals surface area (Å²) in [6, 6.07) is 17.1. The lowest BCUT2D eigenvalue weighted by atomic mass is 10.2. The first-order valence-electron chi connectivity index (χ1n) is 8.86. The van der Waals surface area contributed by atoms with Crippen molar-refractivity contribution < 1.29 is 19.1 Å². The van der Waals surface area contributed by atoms with E-state index >= 15 is 0 Å². The Morgan fingerprint density at radius 3 is 2.67 bits per heavy atom. The minimum atomic E-state index is -1.03. The molecule has 0 bridgehead atoms. The molecule has 2 aromatic carbocycles. The molecule has 0 radical (unpaired) electrons. The zero-order valence-electron chi connectivity index (χ0n) is 15.7. The lowest BCUT2D eigenvalue weighted by Gasteiger charge is -2.07. The van der Waals surface area contributed by atoms with Gasteiger partial charge in [0.2, 0.25) is 0 Å². The molecule has 0 saturated carbocycles. The predicted molar refractivity (Wildman–Crippen MR) is 118 cm³/mol. The summed E-state index contributed by atoms with van der Waals surface area (Å²) in [6.45, 7) is 0. The maximum Gasteiger partial charge on any atom is 0.335 e. The van der Waals surface area contributed by atoms with E-state index in [0.29, 0.717) is 32.3 Å². The highest BCUT2D eigenvalue weighted by Gasteiger charge is 2.30. The van der Waals surface area contributed by atoms with Crippen LogP contribution < -0.4 is 0 Å². The average Bonchev–Trinajstić information content (AvgIpc) is 3.30. The molecule has 1 N–H and O–H groups in total. The van der Waals surface area contributed by atoms with Crippen LogP contribution in [-0.4, -0.2) is 34.1 Å². The number of carbonyl (C=O) groups is 2. The Kier molecular flexibility index (Phi) is 5.48. The van der Waals surface area contributed by atoms with E-state index in [1.807, 2.05) is 18.2 Å². The number of rotatable bonds is 4. The van der Waals surface area contributed by atoms with Gasteiger partial charge in [-0.3, -0.25) is 9.69 Å². The molecule has 4 rings (SSSR count). The molecule has 0 spiro atoms. The van der Waals surface area contributed by atoms with Gasteiger partial charge >= 0.3 is 5.97 Å². The third-order valence-electron chi connectivity index (χ3n) is 4.35. The van der Waals surface area contributed by atoms with E-state index in [2.05, 4.69) is 4.99 Å². The largest absolute Gasteiger partial charge is 0.478 e. The van der Waals surface area contributed by atoms with Crippen LogP contribution in [-0.2, 0) is 4.79 Å². The average molecular weight is 439 g/mol. The van der Waals surface area contributed by atoms with Crippen LogP contribution in [0.3, 0.4) is 0 Å². The maximum atomic E-state index is 12.6. The number of aromatic carboxylic acids is 1. The molecule has 2 heterocycles. The van der Waals surface area contributed by atoms with Crippen LogP contribution in [0.25, 0.3) is 17.4 Å². The van der Waals surface area contributed by atoms with Gasteiger partial charge in [0.1, 0.15) is 11.5 Å². The molecule has 0 atom stereocenters. The van der Waals surface area contributed by atoms with Gasteiger partial charge in [0.15, 0.2) is 5.17 Å². The van der Waals surface area contributed by atoms with Gasteiger partial charge in [-0.1, -0.05) is 17.7 Å². The number of halogens is 1. The summed E-state index contributed by atoms with van der Waals surface area (Å²) in [7, 11) is 1.62. The number of amides is 1. The van der Waals surface area contributed by atoms with Gasteiger partial charge in [-0.25, -0.2) is 9.79 Å². The second-order valence-electron chi connectivity index (χ2n) is 6.43. The molecule has 1 saturated heterocycles. The summed E-state index contributed by atoms with van der Waals surface area (Å²) in [4.78, 5) is 30.1. The van der Waals surface area contributed by atoms with Crippen molar-refractivity contribution in [1.82, 2.24) is 4.90 Å². The van der Waals surface area contributed by atoms with E-state index in [1.165, 1.54) is 28.8 Å². The van der Waals surface area contributed by atoms with Crippen LogP contribution in [0.15, 0.2) is 75.0 Å². The van der Waals surface area contributed by atoms with Crippen LogP contribution in [0, 0.1) is 0 Å². The number of hydrogen-bond acceptors (Lipinski definition) is 5. The number of benzene rings is 2. The van der Waals surface area contributed by atoms with E-state index in [9.17, 15) is 9.59 Å². The Hall–Kier alpha value is -3.29. The Balaban J connectivity index is 1.58. The number of hydrogen-bond donors (Lipinski definition) is 1. The highest BCUT2D eigenvalue weighted by molar-refractivity contribution is 8.18. The maximum absolute atomic E-state index is 12.6. The molecule has 8 heteroatoms. The fraction of sp³-hybridized carbons (Fsp3) is 0.0455. The van der Waals surface area contributed by atoms with Gasteiger partial charge in [-0.15, -0.1) is 0 Å². The predicted octanol–water partition coefficient (Wildman–Crippen LogP) is 5.53. The van der Waals surface area contributed by atoms with E-state index in [-0.39, 0.29) is 11.5 Å². The first-order chi connectivity index (χ1) is 14.4. The topological polar surface area (TPSA) is 83.1 Å². The van der Waals surface area contributed by atoms with Gasteiger partial charge in [0.05, 0.1) is 16.2 Å². The number of amidine groups is 1. The molecule has 0 aliphatic carbocycles. The summed E-state index contributed by atoms with van der Waals surface area (Å²) in [5.74, 6) is -0.0342. The summed E-state index contributed by atoms with van der Waals surface area (Å²) in [5.41, 5.74) is 1.48. The van der Waals surface area contributed by atoms with Crippen LogP contribution in [0.5, 0.6) is 0 Å². The molecule has 1 aromatic heterocycles. The van der Waals surface area contributed by atoms with Crippen LogP contribution in [0.1, 0.15) is 16.1 Å². The number of aliphatic imine (C=N–C) groups is 1. The normalized spacial score (nSPS) is 16.6. The van der Waals surface area contributed by atoms with Crippen LogP contribution in [0.4, 0.5) is 5.69 Å². The standard InChI is InChI=1S/C22H15ClN2O4S/c1-25-20(26)19(30-22(25)24-16-4-2-3-14(11-16)21(27)28)12-17-9-10-18(29-17)13-5-7-15(23)8-6-13/h2-12H,1H3,(H,27,28). The number of nitrogens with zero attached hydrogens (tertiary/aromatic N) is 2. The van der Waals surface area contributed by atoms with Gasteiger partial charge in [0, 0.05) is 23.7 Å². The fourth-order valence-corrected chi connectivity index (χ4v) is 3.89. The smallest absolute Gasteiger partial charge is 0.335 e. The Bertz CT molecular complexity index is 1200. The summed E-state index contributed by atoms with van der Waals surface area (Å²) < 4.78 is 5.84. The van der Waals surface area contributed by atoms with E-state index in [4.69, 9.17) is 21.1 Å². The number of carbonyl (C=O) groups excluding carboxylic acids is 1. The van der Waals surface area contributed by atoms with Crippen molar-refractivity contribution in [2.24, 2.45) is 4.99 Å². The molecule has 0 unspecified atom stereocenters. The lowest BCUT2D eigenvalue weighted by molar-refractivity contribution is -0.121.